The zero-order valence-corrected chi connectivity index (χ0v) is 10.5. The van der Waals surface area contributed by atoms with Crippen molar-refractivity contribution in [2.24, 2.45) is 4.99 Å². The molecular formula is C11H10ClNS2. The standard InChI is InChI=1S/C11H10ClNS2/c1-8(12)6-14-11-13-10-5-3-2-4-9(10)7-15-11/h2-5H,1,6-7H2. The van der Waals surface area contributed by atoms with Gasteiger partial charge in [0.25, 0.3) is 0 Å². The molecule has 1 heterocycles. The molecule has 2 rings (SSSR count). The van der Waals surface area contributed by atoms with E-state index in [4.69, 9.17) is 11.6 Å². The van der Waals surface area contributed by atoms with Gasteiger partial charge in [0.2, 0.25) is 0 Å². The van der Waals surface area contributed by atoms with Crippen molar-refractivity contribution >= 4 is 45.2 Å². The Balaban J connectivity index is 2.11. The summed E-state index contributed by atoms with van der Waals surface area (Å²) in [4.78, 5) is 4.56. The summed E-state index contributed by atoms with van der Waals surface area (Å²) in [6.45, 7) is 3.66. The molecule has 0 N–H and O–H groups in total. The summed E-state index contributed by atoms with van der Waals surface area (Å²) in [5.74, 6) is 1.73. The van der Waals surface area contributed by atoms with Gasteiger partial charge in [-0.3, -0.25) is 0 Å². The number of para-hydroxylation sites is 1. The zero-order chi connectivity index (χ0) is 10.7. The maximum Gasteiger partial charge on any atom is 0.131 e. The molecule has 0 bridgehead atoms. The predicted molar refractivity (Wildman–Crippen MR) is 72.3 cm³/mol. The Bertz CT molecular complexity index is 415. The van der Waals surface area contributed by atoms with E-state index in [0.29, 0.717) is 5.03 Å². The molecule has 1 nitrogen and oxygen atoms in total. The van der Waals surface area contributed by atoms with E-state index in [0.717, 1.165) is 21.6 Å². The molecule has 4 heteroatoms. The van der Waals surface area contributed by atoms with Crippen LogP contribution in [-0.2, 0) is 5.75 Å². The van der Waals surface area contributed by atoms with Crippen LogP contribution in [0.3, 0.4) is 0 Å². The quantitative estimate of drug-likeness (QED) is 0.776. The molecule has 0 saturated carbocycles. The molecule has 1 aliphatic rings. The lowest BCUT2D eigenvalue weighted by Gasteiger charge is -2.13. The summed E-state index contributed by atoms with van der Waals surface area (Å²) in [7, 11) is 0. The predicted octanol–water partition coefficient (Wildman–Crippen LogP) is 4.41. The number of benzene rings is 1. The molecule has 0 atom stereocenters. The van der Waals surface area contributed by atoms with Crippen LogP contribution in [0.5, 0.6) is 0 Å². The monoisotopic (exact) mass is 255 g/mol. The van der Waals surface area contributed by atoms with Crippen molar-refractivity contribution in [3.05, 3.63) is 41.4 Å². The smallest absolute Gasteiger partial charge is 0.131 e. The van der Waals surface area contributed by atoms with Gasteiger partial charge in [0.05, 0.1) is 5.69 Å². The Morgan fingerprint density at radius 2 is 2.33 bits per heavy atom. The van der Waals surface area contributed by atoms with Crippen molar-refractivity contribution < 1.29 is 0 Å². The highest BCUT2D eigenvalue weighted by Crippen LogP contribution is 2.34. The lowest BCUT2D eigenvalue weighted by molar-refractivity contribution is 1.36. The van der Waals surface area contributed by atoms with E-state index >= 15 is 0 Å². The molecule has 78 valence electrons. The fourth-order valence-electron chi connectivity index (χ4n) is 1.23. The lowest BCUT2D eigenvalue weighted by atomic mass is 10.2. The SMILES string of the molecule is C=C(Cl)CSC1=Nc2ccccc2CS1. The van der Waals surface area contributed by atoms with Gasteiger partial charge < -0.3 is 0 Å². The molecule has 0 fully saturated rings. The van der Waals surface area contributed by atoms with Gasteiger partial charge in [-0.15, -0.1) is 0 Å². The van der Waals surface area contributed by atoms with E-state index in [-0.39, 0.29) is 0 Å². The summed E-state index contributed by atoms with van der Waals surface area (Å²) in [6, 6.07) is 8.23. The third kappa shape index (κ3) is 3.03. The Hall–Kier alpha value is -0.380. The zero-order valence-electron chi connectivity index (χ0n) is 8.07. The summed E-state index contributed by atoms with van der Waals surface area (Å²) in [5, 5.41) is 0.669. The number of hydrogen-bond donors (Lipinski definition) is 0. The molecule has 15 heavy (non-hydrogen) atoms. The molecule has 0 amide bonds. The minimum Gasteiger partial charge on any atom is -0.235 e. The Kier molecular flexibility index (Phi) is 3.78. The first kappa shape index (κ1) is 11.1. The molecular weight excluding hydrogens is 246 g/mol. The van der Waals surface area contributed by atoms with Gasteiger partial charge in [-0.1, -0.05) is 59.9 Å². The van der Waals surface area contributed by atoms with Crippen molar-refractivity contribution in [3.8, 4) is 0 Å². The Morgan fingerprint density at radius 3 is 3.13 bits per heavy atom. The van der Waals surface area contributed by atoms with Crippen LogP contribution in [0.15, 0.2) is 40.9 Å². The van der Waals surface area contributed by atoms with E-state index < -0.39 is 0 Å². The molecule has 0 unspecified atom stereocenters. The maximum absolute atomic E-state index is 5.72. The van der Waals surface area contributed by atoms with E-state index in [9.17, 15) is 0 Å². The molecule has 1 aromatic carbocycles. The molecule has 0 aromatic heterocycles. The van der Waals surface area contributed by atoms with Crippen LogP contribution in [0.2, 0.25) is 0 Å². The van der Waals surface area contributed by atoms with Crippen molar-refractivity contribution in [3.63, 3.8) is 0 Å². The van der Waals surface area contributed by atoms with Crippen molar-refractivity contribution in [2.75, 3.05) is 5.75 Å². The van der Waals surface area contributed by atoms with Crippen LogP contribution >= 0.6 is 35.1 Å². The third-order valence-corrected chi connectivity index (χ3v) is 4.53. The molecule has 0 aliphatic carbocycles. The Morgan fingerprint density at radius 1 is 1.53 bits per heavy atom. The molecule has 0 saturated heterocycles. The average Bonchev–Trinajstić information content (AvgIpc) is 2.26. The summed E-state index contributed by atoms with van der Waals surface area (Å²) >= 11 is 9.13. The minimum absolute atomic E-state index is 0.669. The van der Waals surface area contributed by atoms with Gasteiger partial charge in [-0.2, -0.15) is 0 Å². The average molecular weight is 256 g/mol. The fraction of sp³-hybridized carbons (Fsp3) is 0.182. The van der Waals surface area contributed by atoms with E-state index in [2.05, 4.69) is 17.6 Å². The number of nitrogens with zero attached hydrogens (tertiary/aromatic N) is 1. The summed E-state index contributed by atoms with van der Waals surface area (Å²) < 4.78 is 1.08. The highest BCUT2D eigenvalue weighted by atomic mass is 35.5. The molecule has 0 radical (unpaired) electrons. The van der Waals surface area contributed by atoms with Crippen LogP contribution in [0.25, 0.3) is 0 Å². The summed E-state index contributed by atoms with van der Waals surface area (Å²) in [5.41, 5.74) is 2.38. The first-order valence-corrected chi connectivity index (χ1v) is 6.86. The highest BCUT2D eigenvalue weighted by molar-refractivity contribution is 8.38. The van der Waals surface area contributed by atoms with Crippen molar-refractivity contribution in [1.82, 2.24) is 0 Å². The minimum atomic E-state index is 0.669. The van der Waals surface area contributed by atoms with Gasteiger partial charge in [0.15, 0.2) is 0 Å². The number of fused-ring (bicyclic) bond motifs is 1. The number of aliphatic imine (C=N–C) groups is 1. The second kappa shape index (κ2) is 5.10. The van der Waals surface area contributed by atoms with Crippen molar-refractivity contribution in [1.29, 1.82) is 0 Å². The topological polar surface area (TPSA) is 12.4 Å². The number of halogens is 1. The van der Waals surface area contributed by atoms with E-state index in [1.165, 1.54) is 5.56 Å². The van der Waals surface area contributed by atoms with Crippen LogP contribution in [0.4, 0.5) is 5.69 Å². The van der Waals surface area contributed by atoms with Crippen molar-refractivity contribution in [2.45, 2.75) is 5.75 Å². The van der Waals surface area contributed by atoms with Gasteiger partial charge in [0, 0.05) is 16.5 Å². The van der Waals surface area contributed by atoms with Gasteiger partial charge in [-0.05, 0) is 11.6 Å². The summed E-state index contributed by atoms with van der Waals surface area (Å²) in [6.07, 6.45) is 0. The largest absolute Gasteiger partial charge is 0.235 e. The second-order valence-corrected chi connectivity index (χ2v) is 5.82. The lowest BCUT2D eigenvalue weighted by Crippen LogP contribution is -1.96. The third-order valence-electron chi connectivity index (χ3n) is 1.91. The normalized spacial score (nSPS) is 14.3. The second-order valence-electron chi connectivity index (χ2n) is 3.10. The first-order valence-electron chi connectivity index (χ1n) is 4.51. The van der Waals surface area contributed by atoms with E-state index in [1.54, 1.807) is 23.5 Å². The van der Waals surface area contributed by atoms with Crippen LogP contribution in [0.1, 0.15) is 5.56 Å². The first-order chi connectivity index (χ1) is 7.25. The maximum atomic E-state index is 5.72. The van der Waals surface area contributed by atoms with Gasteiger partial charge in [0.1, 0.15) is 4.38 Å². The van der Waals surface area contributed by atoms with Gasteiger partial charge in [-0.25, -0.2) is 4.99 Å². The van der Waals surface area contributed by atoms with Gasteiger partial charge >= 0.3 is 0 Å². The van der Waals surface area contributed by atoms with Crippen LogP contribution < -0.4 is 0 Å². The fourth-order valence-corrected chi connectivity index (χ4v) is 3.21. The molecule has 1 aromatic rings. The van der Waals surface area contributed by atoms with Crippen LogP contribution in [-0.4, -0.2) is 10.1 Å². The highest BCUT2D eigenvalue weighted by Gasteiger charge is 2.12. The van der Waals surface area contributed by atoms with Crippen LogP contribution in [0, 0.1) is 0 Å². The Labute approximate surface area is 103 Å². The number of thioether (sulfide) groups is 2. The van der Waals surface area contributed by atoms with E-state index in [1.807, 2.05) is 18.2 Å². The molecule has 1 aliphatic heterocycles. The molecule has 0 spiro atoms. The number of rotatable bonds is 2. The number of hydrogen-bond acceptors (Lipinski definition) is 3.